The van der Waals surface area contributed by atoms with Gasteiger partial charge < -0.3 is 30.7 Å². The number of hydrogen-bond donors (Lipinski definition) is 5. The number of carboxylic acids is 1. The van der Waals surface area contributed by atoms with Crippen molar-refractivity contribution < 1.29 is 48.8 Å². The van der Waals surface area contributed by atoms with E-state index in [1.54, 1.807) is 6.08 Å². The van der Waals surface area contributed by atoms with Crippen molar-refractivity contribution in [1.82, 2.24) is 10.6 Å². The molecule has 0 aromatic heterocycles. The Morgan fingerprint density at radius 3 is 2.48 bits per heavy atom. The fourth-order valence-electron chi connectivity index (χ4n) is 8.87. The number of nitrogens with one attached hydrogen (secondary N) is 2. The van der Waals surface area contributed by atoms with E-state index >= 15 is 0 Å². The van der Waals surface area contributed by atoms with Gasteiger partial charge in [-0.2, -0.15) is 11.8 Å². The first kappa shape index (κ1) is 36.1. The van der Waals surface area contributed by atoms with Crippen LogP contribution in [0.2, 0.25) is 0 Å². The number of aliphatic hydroxyl groups is 2. The van der Waals surface area contributed by atoms with E-state index in [1.165, 1.54) is 18.7 Å². The first-order valence-corrected chi connectivity index (χ1v) is 17.6. The molecular formula is C33H48N2O10S. The highest BCUT2D eigenvalue weighted by atomic mass is 32.2. The average Bonchev–Trinajstić information content (AvgIpc) is 3.27. The topological polar surface area (TPSA) is 196 Å². The lowest BCUT2D eigenvalue weighted by atomic mass is 9.45. The number of ketones is 2. The summed E-state index contributed by atoms with van der Waals surface area (Å²) in [5.74, 6) is -3.25. The van der Waals surface area contributed by atoms with E-state index in [0.717, 1.165) is 18.4 Å². The molecule has 0 aliphatic heterocycles. The van der Waals surface area contributed by atoms with E-state index in [-0.39, 0.29) is 61.1 Å². The van der Waals surface area contributed by atoms with E-state index in [9.17, 15) is 44.1 Å². The van der Waals surface area contributed by atoms with Crippen LogP contribution in [0, 0.1) is 28.6 Å². The van der Waals surface area contributed by atoms with Crippen molar-refractivity contribution in [3.05, 3.63) is 11.6 Å². The molecule has 0 aromatic rings. The summed E-state index contributed by atoms with van der Waals surface area (Å²) in [6, 6.07) is -2.12. The third-order valence-corrected chi connectivity index (χ3v) is 12.1. The van der Waals surface area contributed by atoms with E-state index < -0.39 is 65.3 Å². The molecular weight excluding hydrogens is 616 g/mol. The van der Waals surface area contributed by atoms with Gasteiger partial charge in [-0.1, -0.05) is 19.4 Å². The first-order chi connectivity index (χ1) is 21.6. The number of allylic oxidation sites excluding steroid dienone is 1. The van der Waals surface area contributed by atoms with Crippen LogP contribution in [-0.2, 0) is 33.5 Å². The Morgan fingerprint density at radius 1 is 1.09 bits per heavy atom. The number of esters is 1. The van der Waals surface area contributed by atoms with Gasteiger partial charge in [-0.25, -0.2) is 4.79 Å². The van der Waals surface area contributed by atoms with E-state index in [2.05, 4.69) is 17.6 Å². The first-order valence-electron chi connectivity index (χ1n) is 16.2. The molecule has 0 radical (unpaired) electrons. The lowest BCUT2D eigenvalue weighted by Gasteiger charge is -2.60. The number of aliphatic carboxylic acids is 1. The molecule has 9 atom stereocenters. The zero-order valence-electron chi connectivity index (χ0n) is 27.1. The molecule has 46 heavy (non-hydrogen) atoms. The largest absolute Gasteiger partial charge is 0.480 e. The Balaban J connectivity index is 1.28. The van der Waals surface area contributed by atoms with Crippen LogP contribution in [0.1, 0.15) is 85.0 Å². The molecule has 0 spiro atoms. The number of carbonyl (C=O) groups excluding carboxylic acids is 5. The third kappa shape index (κ3) is 6.92. The van der Waals surface area contributed by atoms with Crippen molar-refractivity contribution in [2.24, 2.45) is 28.6 Å². The van der Waals surface area contributed by atoms with Crippen LogP contribution >= 0.6 is 11.8 Å². The third-order valence-electron chi connectivity index (χ3n) is 11.4. The molecule has 0 saturated heterocycles. The number of hydrogen-bond acceptors (Lipinski definition) is 10. The molecule has 13 heteroatoms. The monoisotopic (exact) mass is 664 g/mol. The Kier molecular flexibility index (Phi) is 11.1. The normalized spacial score (nSPS) is 34.6. The van der Waals surface area contributed by atoms with Gasteiger partial charge in [-0.05, 0) is 93.1 Å². The van der Waals surface area contributed by atoms with E-state index in [4.69, 9.17) is 4.74 Å². The van der Waals surface area contributed by atoms with Gasteiger partial charge in [0.2, 0.25) is 17.6 Å². The van der Waals surface area contributed by atoms with Crippen molar-refractivity contribution in [1.29, 1.82) is 0 Å². The van der Waals surface area contributed by atoms with Crippen LogP contribution in [0.15, 0.2) is 11.6 Å². The van der Waals surface area contributed by atoms with Crippen LogP contribution < -0.4 is 10.6 Å². The van der Waals surface area contributed by atoms with Gasteiger partial charge in [0.15, 0.2) is 12.4 Å². The van der Waals surface area contributed by atoms with Gasteiger partial charge in [-0.3, -0.25) is 24.0 Å². The van der Waals surface area contributed by atoms with Gasteiger partial charge in [0.05, 0.1) is 12.5 Å². The lowest BCUT2D eigenvalue weighted by Crippen LogP contribution is -2.62. The second-order valence-electron chi connectivity index (χ2n) is 14.0. The molecule has 0 aromatic carbocycles. The van der Waals surface area contributed by atoms with Gasteiger partial charge in [0.1, 0.15) is 17.7 Å². The summed E-state index contributed by atoms with van der Waals surface area (Å²) in [4.78, 5) is 74.1. The molecule has 3 saturated carbocycles. The Labute approximate surface area is 273 Å². The second-order valence-corrected chi connectivity index (χ2v) is 15.0. The maximum Gasteiger partial charge on any atom is 0.326 e. The average molecular weight is 665 g/mol. The molecule has 0 unspecified atom stereocenters. The summed E-state index contributed by atoms with van der Waals surface area (Å²) in [7, 11) is 0. The fourth-order valence-corrected chi connectivity index (χ4v) is 9.34. The van der Waals surface area contributed by atoms with Crippen molar-refractivity contribution in [3.63, 3.8) is 0 Å². The van der Waals surface area contributed by atoms with Gasteiger partial charge in [0, 0.05) is 18.3 Å². The fraction of sp³-hybridized carbons (Fsp3) is 0.758. The Bertz CT molecular complexity index is 1290. The van der Waals surface area contributed by atoms with Crippen LogP contribution in [0.3, 0.4) is 0 Å². The molecule has 12 nitrogen and oxygen atoms in total. The summed E-state index contributed by atoms with van der Waals surface area (Å²) in [5, 5.41) is 37.5. The maximum absolute atomic E-state index is 13.5. The van der Waals surface area contributed by atoms with Crippen LogP contribution in [0.25, 0.3) is 0 Å². The highest BCUT2D eigenvalue weighted by Gasteiger charge is 2.68. The molecule has 4 rings (SSSR count). The Morgan fingerprint density at radius 2 is 1.80 bits per heavy atom. The number of aliphatic hydroxyl groups excluding tert-OH is 1. The van der Waals surface area contributed by atoms with Gasteiger partial charge >= 0.3 is 11.9 Å². The quantitative estimate of drug-likeness (QED) is 0.181. The van der Waals surface area contributed by atoms with Crippen LogP contribution in [0.4, 0.5) is 0 Å². The predicted octanol–water partition coefficient (Wildman–Crippen LogP) is 1.94. The zero-order chi connectivity index (χ0) is 34.0. The van der Waals surface area contributed by atoms with Crippen molar-refractivity contribution in [3.8, 4) is 0 Å². The molecule has 4 aliphatic rings. The summed E-state index contributed by atoms with van der Waals surface area (Å²) >= 11 is 1.44. The number of amides is 2. The second kappa shape index (κ2) is 14.1. The smallest absolute Gasteiger partial charge is 0.326 e. The van der Waals surface area contributed by atoms with Crippen LogP contribution in [-0.4, -0.2) is 93.0 Å². The summed E-state index contributed by atoms with van der Waals surface area (Å²) < 4.78 is 5.18. The molecule has 0 heterocycles. The molecule has 3 fully saturated rings. The maximum atomic E-state index is 13.5. The lowest BCUT2D eigenvalue weighted by molar-refractivity contribution is -0.184. The highest BCUT2D eigenvalue weighted by molar-refractivity contribution is 7.98. The van der Waals surface area contributed by atoms with E-state index in [0.29, 0.717) is 25.0 Å². The highest BCUT2D eigenvalue weighted by Crippen LogP contribution is 2.67. The predicted molar refractivity (Wildman–Crippen MR) is 168 cm³/mol. The SMILES string of the molecule is CSCC[C@@H](NC(=O)[C@@H](C)NC(=O)CCC(=O)OCC(=O)[C@@]1(O)CC[C@H]2[C@@H]3CCC4=CC(=O)CC[C@]4(C)[C@H]3[C@@H](O)C[C@@]21C)C(=O)O. The number of thioether (sulfide) groups is 1. The number of ether oxygens (including phenoxy) is 1. The molecule has 2 amide bonds. The molecule has 5 N–H and O–H groups in total. The van der Waals surface area contributed by atoms with Gasteiger partial charge in [-0.15, -0.1) is 0 Å². The minimum Gasteiger partial charge on any atom is -0.480 e. The number of rotatable bonds is 13. The van der Waals surface area contributed by atoms with Crippen molar-refractivity contribution in [2.75, 3.05) is 18.6 Å². The number of Topliss-reactive ketones (excluding diaryl/α,β-unsaturated/α-hetero) is 1. The molecule has 4 aliphatic carbocycles. The summed E-state index contributed by atoms with van der Waals surface area (Å²) in [6.45, 7) is 4.72. The van der Waals surface area contributed by atoms with Crippen molar-refractivity contribution in [2.45, 2.75) is 109 Å². The molecule has 256 valence electrons. The number of carboxylic acid groups (broad SMARTS) is 1. The zero-order valence-corrected chi connectivity index (χ0v) is 28.0. The minimum atomic E-state index is -1.78. The Hall–Kier alpha value is -2.77. The van der Waals surface area contributed by atoms with Crippen LogP contribution in [0.5, 0.6) is 0 Å². The minimum absolute atomic E-state index is 0.0132. The summed E-state index contributed by atoms with van der Waals surface area (Å²) in [6.07, 6.45) is 6.05. The standard InChI is InChI=1S/C33H48N2O10S/c1-18(29(41)35-23(30(42)43)11-14-46-4)34-26(39)7-8-27(40)45-17-25(38)33(44)13-10-22-21-6-5-19-15-20(36)9-12-31(19,2)28(21)24(37)16-32(22,33)3/h15,18,21-24,28,37,44H,5-14,16-17H2,1-4H3,(H,34,39)(H,35,41)(H,42,43)/t18-,21+,22+,23-,24+,28-,31+,32+,33+/m1/s1. The number of fused-ring (bicyclic) bond motifs is 5. The summed E-state index contributed by atoms with van der Waals surface area (Å²) in [5.41, 5.74) is -1.89. The molecule has 0 bridgehead atoms. The van der Waals surface area contributed by atoms with Crippen molar-refractivity contribution >= 4 is 47.1 Å². The van der Waals surface area contributed by atoms with E-state index in [1.807, 2.05) is 13.2 Å². The van der Waals surface area contributed by atoms with Gasteiger partial charge in [0.25, 0.3) is 0 Å². The number of carbonyl (C=O) groups is 6.